The molecule has 3 nitrogen and oxygen atoms in total. The lowest BCUT2D eigenvalue weighted by atomic mass is 10.1. The van der Waals surface area contributed by atoms with E-state index in [-0.39, 0.29) is 5.75 Å². The van der Waals surface area contributed by atoms with Crippen LogP contribution in [0.2, 0.25) is 0 Å². The molecule has 0 aliphatic rings. The number of rotatable bonds is 24. The summed E-state index contributed by atoms with van der Waals surface area (Å²) in [5, 5.41) is 9.99. The molecule has 0 bridgehead atoms. The fourth-order valence-corrected chi connectivity index (χ4v) is 4.28. The van der Waals surface area contributed by atoms with Crippen molar-refractivity contribution in [3.05, 3.63) is 18.2 Å². The molecule has 0 heterocycles. The first kappa shape index (κ1) is 29.7. The van der Waals surface area contributed by atoms with Gasteiger partial charge in [-0.15, -0.1) is 0 Å². The van der Waals surface area contributed by atoms with Crippen LogP contribution in [0.25, 0.3) is 0 Å². The van der Waals surface area contributed by atoms with Gasteiger partial charge in [-0.3, -0.25) is 0 Å². The summed E-state index contributed by atoms with van der Waals surface area (Å²) in [7, 11) is 0. The molecule has 0 aliphatic carbocycles. The highest BCUT2D eigenvalue weighted by Crippen LogP contribution is 2.27. The summed E-state index contributed by atoms with van der Waals surface area (Å²) in [5.41, 5.74) is 0. The molecule has 0 amide bonds. The van der Waals surface area contributed by atoms with Crippen LogP contribution in [0.1, 0.15) is 142 Å². The third-order valence-electron chi connectivity index (χ3n) is 6.40. The Kier molecular flexibility index (Phi) is 20.1. The highest BCUT2D eigenvalue weighted by molar-refractivity contribution is 5.41. The van der Waals surface area contributed by atoms with E-state index in [1.54, 1.807) is 12.1 Å². The normalized spacial score (nSPS) is 11.1. The summed E-state index contributed by atoms with van der Waals surface area (Å²) in [4.78, 5) is 0. The predicted molar refractivity (Wildman–Crippen MR) is 143 cm³/mol. The maximum absolute atomic E-state index is 9.99. The molecule has 1 rings (SSSR count). The number of hydrogen-bond acceptors (Lipinski definition) is 3. The highest BCUT2D eigenvalue weighted by Gasteiger charge is 2.03. The van der Waals surface area contributed by atoms with E-state index in [1.165, 1.54) is 116 Å². The number of benzene rings is 1. The molecule has 0 spiro atoms. The largest absolute Gasteiger partial charge is 0.508 e. The van der Waals surface area contributed by atoms with Crippen molar-refractivity contribution in [3.8, 4) is 17.2 Å². The monoisotopic (exact) mass is 462 g/mol. The van der Waals surface area contributed by atoms with Gasteiger partial charge in [0.25, 0.3) is 0 Å². The molecule has 192 valence electrons. The van der Waals surface area contributed by atoms with Gasteiger partial charge in [0.15, 0.2) is 0 Å². The predicted octanol–water partition coefficient (Wildman–Crippen LogP) is 9.99. The fraction of sp³-hybridized carbons (Fsp3) is 0.800. The minimum Gasteiger partial charge on any atom is -0.508 e. The second kappa shape index (κ2) is 22.4. The van der Waals surface area contributed by atoms with Gasteiger partial charge in [0.1, 0.15) is 17.2 Å². The van der Waals surface area contributed by atoms with Gasteiger partial charge in [0.05, 0.1) is 13.2 Å². The smallest absolute Gasteiger partial charge is 0.126 e. The zero-order chi connectivity index (χ0) is 23.8. The Labute approximate surface area is 205 Å². The molecular formula is C30H54O3. The topological polar surface area (TPSA) is 38.7 Å². The maximum Gasteiger partial charge on any atom is 0.126 e. The zero-order valence-corrected chi connectivity index (χ0v) is 22.1. The Morgan fingerprint density at radius 1 is 0.455 bits per heavy atom. The van der Waals surface area contributed by atoms with E-state index in [1.807, 2.05) is 6.07 Å². The van der Waals surface area contributed by atoms with Crippen molar-refractivity contribution >= 4 is 0 Å². The lowest BCUT2D eigenvalue weighted by Gasteiger charge is -2.11. The lowest BCUT2D eigenvalue weighted by molar-refractivity contribution is 0.287. The van der Waals surface area contributed by atoms with Crippen molar-refractivity contribution in [2.45, 2.75) is 142 Å². The van der Waals surface area contributed by atoms with E-state index in [2.05, 4.69) is 13.8 Å². The standard InChI is InChI=1S/C30H54O3/c1-3-5-7-9-11-13-15-17-19-21-23-32-29-25-28(31)26-30(27-29)33-24-22-20-18-16-14-12-10-8-6-4-2/h25-27,31H,3-24H2,1-2H3. The van der Waals surface area contributed by atoms with Crippen molar-refractivity contribution in [2.24, 2.45) is 0 Å². The fourth-order valence-electron chi connectivity index (χ4n) is 4.28. The first-order chi connectivity index (χ1) is 16.3. The molecule has 1 aromatic rings. The number of phenolic OH excluding ortho intramolecular Hbond substituents is 1. The molecule has 0 saturated carbocycles. The van der Waals surface area contributed by atoms with Gasteiger partial charge >= 0.3 is 0 Å². The number of phenols is 1. The van der Waals surface area contributed by atoms with Crippen molar-refractivity contribution in [1.82, 2.24) is 0 Å². The molecule has 1 aromatic carbocycles. The van der Waals surface area contributed by atoms with Crippen LogP contribution in [0.4, 0.5) is 0 Å². The lowest BCUT2D eigenvalue weighted by Crippen LogP contribution is -2.00. The van der Waals surface area contributed by atoms with E-state index >= 15 is 0 Å². The van der Waals surface area contributed by atoms with Crippen LogP contribution in [-0.4, -0.2) is 18.3 Å². The van der Waals surface area contributed by atoms with Crippen LogP contribution in [0.15, 0.2) is 18.2 Å². The second-order valence-corrected chi connectivity index (χ2v) is 9.72. The van der Waals surface area contributed by atoms with Crippen LogP contribution in [-0.2, 0) is 0 Å². The molecule has 0 unspecified atom stereocenters. The number of ether oxygens (including phenoxy) is 2. The van der Waals surface area contributed by atoms with Gasteiger partial charge in [-0.1, -0.05) is 129 Å². The first-order valence-electron chi connectivity index (χ1n) is 14.4. The van der Waals surface area contributed by atoms with Gasteiger partial charge in [0, 0.05) is 18.2 Å². The summed E-state index contributed by atoms with van der Waals surface area (Å²) in [6, 6.07) is 5.28. The van der Waals surface area contributed by atoms with Crippen molar-refractivity contribution < 1.29 is 14.6 Å². The summed E-state index contributed by atoms with van der Waals surface area (Å²) in [6.45, 7) is 5.95. The van der Waals surface area contributed by atoms with E-state index in [0.29, 0.717) is 24.7 Å². The van der Waals surface area contributed by atoms with Crippen LogP contribution < -0.4 is 9.47 Å². The Morgan fingerprint density at radius 2 is 0.758 bits per heavy atom. The molecule has 0 fully saturated rings. The molecular weight excluding hydrogens is 408 g/mol. The minimum atomic E-state index is 0.216. The third kappa shape index (κ3) is 18.7. The van der Waals surface area contributed by atoms with Crippen LogP contribution in [0, 0.1) is 0 Å². The maximum atomic E-state index is 9.99. The Balaban J connectivity index is 2.02. The number of aromatic hydroxyl groups is 1. The van der Waals surface area contributed by atoms with E-state index in [4.69, 9.17) is 9.47 Å². The van der Waals surface area contributed by atoms with Crippen LogP contribution >= 0.6 is 0 Å². The molecule has 0 radical (unpaired) electrons. The Hall–Kier alpha value is -1.38. The molecule has 33 heavy (non-hydrogen) atoms. The molecule has 0 saturated heterocycles. The van der Waals surface area contributed by atoms with Gasteiger partial charge in [0.2, 0.25) is 0 Å². The summed E-state index contributed by atoms with van der Waals surface area (Å²) < 4.78 is 11.7. The first-order valence-corrected chi connectivity index (χ1v) is 14.4. The minimum absolute atomic E-state index is 0.216. The van der Waals surface area contributed by atoms with Gasteiger partial charge in [-0.05, 0) is 12.8 Å². The van der Waals surface area contributed by atoms with Crippen molar-refractivity contribution in [1.29, 1.82) is 0 Å². The van der Waals surface area contributed by atoms with Gasteiger partial charge < -0.3 is 14.6 Å². The SMILES string of the molecule is CCCCCCCCCCCCOc1cc(O)cc(OCCCCCCCCCCCC)c1. The third-order valence-corrected chi connectivity index (χ3v) is 6.40. The Bertz CT molecular complexity index is 499. The average Bonchev–Trinajstić information content (AvgIpc) is 2.80. The van der Waals surface area contributed by atoms with Gasteiger partial charge in [-0.25, -0.2) is 0 Å². The summed E-state index contributed by atoms with van der Waals surface area (Å²) in [5.74, 6) is 1.64. The second-order valence-electron chi connectivity index (χ2n) is 9.72. The van der Waals surface area contributed by atoms with Crippen molar-refractivity contribution in [2.75, 3.05) is 13.2 Å². The molecule has 3 heteroatoms. The number of unbranched alkanes of at least 4 members (excludes halogenated alkanes) is 18. The van der Waals surface area contributed by atoms with Crippen LogP contribution in [0.3, 0.4) is 0 Å². The quantitative estimate of drug-likeness (QED) is 0.155. The zero-order valence-electron chi connectivity index (χ0n) is 22.1. The summed E-state index contributed by atoms with van der Waals surface area (Å²) in [6.07, 6.45) is 26.4. The molecule has 0 aliphatic heterocycles. The highest BCUT2D eigenvalue weighted by atomic mass is 16.5. The van der Waals surface area contributed by atoms with E-state index in [0.717, 1.165) is 12.8 Å². The number of hydrogen-bond donors (Lipinski definition) is 1. The average molecular weight is 463 g/mol. The summed E-state index contributed by atoms with van der Waals surface area (Å²) >= 11 is 0. The molecule has 0 aromatic heterocycles. The molecule has 0 atom stereocenters. The van der Waals surface area contributed by atoms with E-state index < -0.39 is 0 Å². The molecule has 1 N–H and O–H groups in total. The van der Waals surface area contributed by atoms with Crippen molar-refractivity contribution in [3.63, 3.8) is 0 Å². The van der Waals surface area contributed by atoms with Crippen LogP contribution in [0.5, 0.6) is 17.2 Å². The van der Waals surface area contributed by atoms with E-state index in [9.17, 15) is 5.11 Å². The Morgan fingerprint density at radius 3 is 1.09 bits per heavy atom. The van der Waals surface area contributed by atoms with Gasteiger partial charge in [-0.2, -0.15) is 0 Å².